The normalized spacial score (nSPS) is 14.1. The molecular formula is C16H18N2O7. The van der Waals surface area contributed by atoms with Gasteiger partial charge in [0.1, 0.15) is 18.2 Å². The number of amides is 1. The van der Waals surface area contributed by atoms with E-state index in [1.165, 1.54) is 19.1 Å². The largest absolute Gasteiger partial charge is 0.484 e. The molecule has 1 aromatic carbocycles. The molecule has 9 heteroatoms. The van der Waals surface area contributed by atoms with Gasteiger partial charge >= 0.3 is 11.9 Å². The number of rotatable bonds is 6. The Bertz CT molecular complexity index is 697. The Labute approximate surface area is 143 Å². The average molecular weight is 350 g/mol. The number of primary amides is 1. The van der Waals surface area contributed by atoms with Crippen LogP contribution in [0.25, 0.3) is 0 Å². The van der Waals surface area contributed by atoms with E-state index in [9.17, 15) is 14.4 Å². The molecule has 1 amide bonds. The third kappa shape index (κ3) is 4.27. The predicted octanol–water partition coefficient (Wildman–Crippen LogP) is -0.0551. The molecule has 1 aliphatic heterocycles. The zero-order valence-electron chi connectivity index (χ0n) is 13.8. The van der Waals surface area contributed by atoms with Crippen LogP contribution in [0.1, 0.15) is 0 Å². The second-order valence-corrected chi connectivity index (χ2v) is 4.96. The monoisotopic (exact) mass is 350 g/mol. The molecule has 2 rings (SSSR count). The summed E-state index contributed by atoms with van der Waals surface area (Å²) in [5.74, 6) is -1.52. The Balaban J connectivity index is 2.33. The van der Waals surface area contributed by atoms with Crippen LogP contribution in [-0.4, -0.2) is 52.0 Å². The highest BCUT2D eigenvalue weighted by Crippen LogP contribution is 2.28. The fourth-order valence-corrected chi connectivity index (χ4v) is 2.22. The Kier molecular flexibility index (Phi) is 5.96. The molecule has 9 nitrogen and oxygen atoms in total. The van der Waals surface area contributed by atoms with Crippen molar-refractivity contribution in [2.45, 2.75) is 0 Å². The van der Waals surface area contributed by atoms with Gasteiger partial charge in [-0.15, -0.1) is 0 Å². The van der Waals surface area contributed by atoms with Crippen molar-refractivity contribution in [3.8, 4) is 5.75 Å². The number of benzene rings is 1. The molecule has 1 heterocycles. The number of ether oxygens (including phenoxy) is 4. The highest BCUT2D eigenvalue weighted by Gasteiger charge is 2.32. The zero-order valence-corrected chi connectivity index (χ0v) is 13.8. The number of hydrogen-bond donors (Lipinski definition) is 1. The van der Waals surface area contributed by atoms with E-state index in [0.29, 0.717) is 11.4 Å². The molecule has 1 aliphatic rings. The van der Waals surface area contributed by atoms with Crippen molar-refractivity contribution in [2.24, 2.45) is 5.73 Å². The molecular weight excluding hydrogens is 332 g/mol. The van der Waals surface area contributed by atoms with Gasteiger partial charge in [0.25, 0.3) is 5.91 Å². The first-order valence-corrected chi connectivity index (χ1v) is 7.24. The molecule has 0 atom stereocenters. The molecule has 25 heavy (non-hydrogen) atoms. The summed E-state index contributed by atoms with van der Waals surface area (Å²) in [6, 6.07) is 6.48. The molecule has 0 aliphatic carbocycles. The second-order valence-electron chi connectivity index (χ2n) is 4.96. The van der Waals surface area contributed by atoms with Crippen LogP contribution in [0.3, 0.4) is 0 Å². The quantitative estimate of drug-likeness (QED) is 0.709. The van der Waals surface area contributed by atoms with Crippen molar-refractivity contribution in [3.63, 3.8) is 0 Å². The Morgan fingerprint density at radius 3 is 2.32 bits per heavy atom. The standard InChI is InChI=1S/C16H18N2O7/c1-22-15(20)12-7-24-9-18(14(12)16(21)23-2)10-3-5-11(6-4-10)25-8-13(17)19/h3-6H,7-9H2,1-2H3,(H2,17,19). The summed E-state index contributed by atoms with van der Waals surface area (Å²) in [5, 5.41) is 0. The first kappa shape index (κ1) is 18.3. The smallest absolute Gasteiger partial charge is 0.355 e. The number of anilines is 1. The Morgan fingerprint density at radius 2 is 1.76 bits per heavy atom. The zero-order chi connectivity index (χ0) is 18.4. The van der Waals surface area contributed by atoms with Gasteiger partial charge in [-0.3, -0.25) is 4.79 Å². The summed E-state index contributed by atoms with van der Waals surface area (Å²) in [6.45, 7) is -0.258. The third-order valence-electron chi connectivity index (χ3n) is 3.36. The summed E-state index contributed by atoms with van der Waals surface area (Å²) in [7, 11) is 2.44. The van der Waals surface area contributed by atoms with Crippen LogP contribution in [0.4, 0.5) is 5.69 Å². The van der Waals surface area contributed by atoms with E-state index in [4.69, 9.17) is 24.7 Å². The Morgan fingerprint density at radius 1 is 1.12 bits per heavy atom. The molecule has 0 unspecified atom stereocenters. The first-order chi connectivity index (χ1) is 12.0. The lowest BCUT2D eigenvalue weighted by atomic mass is 10.1. The number of esters is 2. The molecule has 0 saturated heterocycles. The molecule has 0 spiro atoms. The lowest BCUT2D eigenvalue weighted by Gasteiger charge is -2.31. The van der Waals surface area contributed by atoms with Crippen molar-refractivity contribution in [3.05, 3.63) is 35.5 Å². The van der Waals surface area contributed by atoms with Crippen LogP contribution in [0.2, 0.25) is 0 Å². The minimum atomic E-state index is -0.683. The van der Waals surface area contributed by atoms with E-state index in [-0.39, 0.29) is 31.2 Å². The predicted molar refractivity (Wildman–Crippen MR) is 85.5 cm³/mol. The SMILES string of the molecule is COC(=O)C1=C(C(=O)OC)N(c2ccc(OCC(N)=O)cc2)COC1. The van der Waals surface area contributed by atoms with Gasteiger partial charge in [-0.25, -0.2) is 9.59 Å². The van der Waals surface area contributed by atoms with Crippen molar-refractivity contribution in [1.82, 2.24) is 0 Å². The van der Waals surface area contributed by atoms with Crippen LogP contribution in [0, 0.1) is 0 Å². The summed E-state index contributed by atoms with van der Waals surface area (Å²) in [5.41, 5.74) is 5.70. The molecule has 2 N–H and O–H groups in total. The van der Waals surface area contributed by atoms with Crippen molar-refractivity contribution in [2.75, 3.05) is 39.1 Å². The van der Waals surface area contributed by atoms with Crippen LogP contribution in [0.15, 0.2) is 35.5 Å². The van der Waals surface area contributed by atoms with E-state index in [1.54, 1.807) is 24.3 Å². The minimum absolute atomic E-state index is 0.0476. The molecule has 0 aromatic heterocycles. The van der Waals surface area contributed by atoms with E-state index >= 15 is 0 Å². The van der Waals surface area contributed by atoms with Gasteiger partial charge in [0.2, 0.25) is 0 Å². The molecule has 0 radical (unpaired) electrons. The lowest BCUT2D eigenvalue weighted by molar-refractivity contribution is -0.140. The summed E-state index contributed by atoms with van der Waals surface area (Å²) in [4.78, 5) is 36.3. The lowest BCUT2D eigenvalue weighted by Crippen LogP contribution is -2.38. The highest BCUT2D eigenvalue weighted by molar-refractivity contribution is 6.03. The summed E-state index contributed by atoms with van der Waals surface area (Å²) >= 11 is 0. The van der Waals surface area contributed by atoms with Crippen LogP contribution in [-0.2, 0) is 28.6 Å². The van der Waals surface area contributed by atoms with E-state index in [2.05, 4.69) is 0 Å². The van der Waals surface area contributed by atoms with Crippen molar-refractivity contribution < 1.29 is 33.3 Å². The fourth-order valence-electron chi connectivity index (χ4n) is 2.22. The Hall–Kier alpha value is -3.07. The van der Waals surface area contributed by atoms with Crippen LogP contribution < -0.4 is 15.4 Å². The number of carbonyl (C=O) groups excluding carboxylic acids is 3. The van der Waals surface area contributed by atoms with Gasteiger partial charge in [0.15, 0.2) is 6.61 Å². The van der Waals surface area contributed by atoms with Crippen LogP contribution in [0.5, 0.6) is 5.75 Å². The maximum absolute atomic E-state index is 12.2. The number of methoxy groups -OCH3 is 2. The van der Waals surface area contributed by atoms with Crippen molar-refractivity contribution in [1.29, 1.82) is 0 Å². The van der Waals surface area contributed by atoms with E-state index in [0.717, 1.165) is 0 Å². The number of carbonyl (C=O) groups is 3. The van der Waals surface area contributed by atoms with Gasteiger partial charge in [0.05, 0.1) is 26.4 Å². The molecule has 0 bridgehead atoms. The second kappa shape index (κ2) is 8.15. The summed E-state index contributed by atoms with van der Waals surface area (Å²) < 4.78 is 20.0. The van der Waals surface area contributed by atoms with Gasteiger partial charge in [-0.2, -0.15) is 0 Å². The molecule has 0 fully saturated rings. The van der Waals surface area contributed by atoms with Gasteiger partial charge in [-0.1, -0.05) is 0 Å². The van der Waals surface area contributed by atoms with Gasteiger partial charge < -0.3 is 29.6 Å². The maximum Gasteiger partial charge on any atom is 0.355 e. The van der Waals surface area contributed by atoms with Crippen LogP contribution >= 0.6 is 0 Å². The number of nitrogens with zero attached hydrogens (tertiary/aromatic N) is 1. The van der Waals surface area contributed by atoms with Gasteiger partial charge in [0, 0.05) is 5.69 Å². The van der Waals surface area contributed by atoms with E-state index in [1.807, 2.05) is 0 Å². The fraction of sp³-hybridized carbons (Fsp3) is 0.312. The topological polar surface area (TPSA) is 117 Å². The highest BCUT2D eigenvalue weighted by atomic mass is 16.5. The summed E-state index contributed by atoms with van der Waals surface area (Å²) in [6.07, 6.45) is 0. The average Bonchev–Trinajstić information content (AvgIpc) is 2.64. The molecule has 1 aromatic rings. The maximum atomic E-state index is 12.2. The minimum Gasteiger partial charge on any atom is -0.484 e. The van der Waals surface area contributed by atoms with Crippen molar-refractivity contribution >= 4 is 23.5 Å². The third-order valence-corrected chi connectivity index (χ3v) is 3.36. The van der Waals surface area contributed by atoms with E-state index < -0.39 is 17.8 Å². The van der Waals surface area contributed by atoms with Gasteiger partial charge in [-0.05, 0) is 24.3 Å². The molecule has 0 saturated carbocycles. The number of nitrogens with two attached hydrogens (primary N) is 1. The first-order valence-electron chi connectivity index (χ1n) is 7.24. The molecule has 134 valence electrons. The number of hydrogen-bond acceptors (Lipinski definition) is 8.